The summed E-state index contributed by atoms with van der Waals surface area (Å²) < 4.78 is 17.0. The third kappa shape index (κ3) is 61.3. The molecule has 0 aromatic heterocycles. The summed E-state index contributed by atoms with van der Waals surface area (Å²) in [6, 6.07) is 0. The Hall–Kier alpha value is -1.59. The van der Waals surface area contributed by atoms with E-state index in [2.05, 4.69) is 27.7 Å². The van der Waals surface area contributed by atoms with E-state index in [0.29, 0.717) is 19.3 Å². The zero-order valence-corrected chi connectivity index (χ0v) is 50.8. The Morgan fingerprint density at radius 3 is 0.662 bits per heavy atom. The van der Waals surface area contributed by atoms with Crippen LogP contribution < -0.4 is 0 Å². The highest BCUT2D eigenvalue weighted by Gasteiger charge is 2.19. The average Bonchev–Trinajstić information content (AvgIpc) is 3.39. The molecule has 0 aromatic carbocycles. The second-order valence-corrected chi connectivity index (χ2v) is 23.9. The number of hydrogen-bond acceptors (Lipinski definition) is 6. The van der Waals surface area contributed by atoms with Gasteiger partial charge in [0.15, 0.2) is 6.10 Å². The molecule has 0 heterocycles. The van der Waals surface area contributed by atoms with Crippen LogP contribution in [0.25, 0.3) is 0 Å². The first-order chi connectivity index (χ1) is 36.4. The van der Waals surface area contributed by atoms with Gasteiger partial charge in [0.25, 0.3) is 0 Å². The summed E-state index contributed by atoms with van der Waals surface area (Å²) in [5, 5.41) is 0. The van der Waals surface area contributed by atoms with Gasteiger partial charge in [0.05, 0.1) is 0 Å². The second-order valence-electron chi connectivity index (χ2n) is 23.9. The summed E-state index contributed by atoms with van der Waals surface area (Å²) in [5.41, 5.74) is 0. The molecule has 0 saturated heterocycles. The molecule has 1 atom stereocenters. The van der Waals surface area contributed by atoms with Gasteiger partial charge in [-0.2, -0.15) is 0 Å². The van der Waals surface area contributed by atoms with E-state index >= 15 is 0 Å². The van der Waals surface area contributed by atoms with Crippen molar-refractivity contribution >= 4 is 17.9 Å². The summed E-state index contributed by atoms with van der Waals surface area (Å²) in [6.07, 6.45) is 71.1. The van der Waals surface area contributed by atoms with Crippen molar-refractivity contribution in [1.82, 2.24) is 0 Å². The van der Waals surface area contributed by atoms with Crippen LogP contribution in [0.1, 0.15) is 394 Å². The van der Waals surface area contributed by atoms with Crippen LogP contribution in [0.4, 0.5) is 0 Å². The molecule has 6 heteroatoms. The predicted octanol–water partition coefficient (Wildman–Crippen LogP) is 22.9. The standard InChI is InChI=1S/C68H132O6/c1-5-7-9-11-13-15-17-19-21-23-24-29-33-37-41-45-49-53-57-61-68(71)74-65(62-72-66(69)59-55-51-47-43-39-35-31-22-20-18-16-14-12-10-8-6-2)63-73-67(70)60-56-52-48-44-40-36-32-28-26-25-27-30-34-38-42-46-50-54-58-64(3)4/h64-65H,5-63H2,1-4H3/t65-/m1/s1. The highest BCUT2D eigenvalue weighted by atomic mass is 16.6. The minimum atomic E-state index is -0.763. The maximum absolute atomic E-state index is 12.9. The Labute approximate surface area is 463 Å². The lowest BCUT2D eigenvalue weighted by Crippen LogP contribution is -2.30. The van der Waals surface area contributed by atoms with Gasteiger partial charge in [-0.25, -0.2) is 0 Å². The molecule has 6 nitrogen and oxygen atoms in total. The van der Waals surface area contributed by atoms with Crippen LogP contribution in [0, 0.1) is 5.92 Å². The van der Waals surface area contributed by atoms with Crippen LogP contribution in [0.2, 0.25) is 0 Å². The number of unbranched alkanes of at least 4 members (excludes halogenated alkanes) is 50. The van der Waals surface area contributed by atoms with E-state index < -0.39 is 6.10 Å². The second kappa shape index (κ2) is 62.3. The van der Waals surface area contributed by atoms with E-state index in [1.165, 1.54) is 289 Å². The summed E-state index contributed by atoms with van der Waals surface area (Å²) in [7, 11) is 0. The van der Waals surface area contributed by atoms with Gasteiger partial charge in [0.2, 0.25) is 0 Å². The largest absolute Gasteiger partial charge is 0.462 e. The quantitative estimate of drug-likeness (QED) is 0.0343. The molecule has 0 bridgehead atoms. The molecule has 0 aliphatic heterocycles. The molecule has 74 heavy (non-hydrogen) atoms. The van der Waals surface area contributed by atoms with Gasteiger partial charge in [-0.3, -0.25) is 14.4 Å². The highest BCUT2D eigenvalue weighted by Crippen LogP contribution is 2.19. The van der Waals surface area contributed by atoms with Crippen molar-refractivity contribution in [3.8, 4) is 0 Å². The van der Waals surface area contributed by atoms with Crippen molar-refractivity contribution < 1.29 is 28.6 Å². The van der Waals surface area contributed by atoms with Crippen molar-refractivity contribution in [2.24, 2.45) is 5.92 Å². The van der Waals surface area contributed by atoms with E-state index in [4.69, 9.17) is 14.2 Å². The van der Waals surface area contributed by atoms with Gasteiger partial charge in [-0.1, -0.05) is 355 Å². The fourth-order valence-electron chi connectivity index (χ4n) is 10.7. The molecule has 0 saturated carbocycles. The minimum absolute atomic E-state index is 0.0607. The molecule has 0 amide bonds. The number of carbonyl (C=O) groups excluding carboxylic acids is 3. The molecule has 0 N–H and O–H groups in total. The van der Waals surface area contributed by atoms with Gasteiger partial charge in [-0.05, 0) is 25.2 Å². The lowest BCUT2D eigenvalue weighted by molar-refractivity contribution is -0.167. The van der Waals surface area contributed by atoms with Crippen molar-refractivity contribution in [3.63, 3.8) is 0 Å². The first kappa shape index (κ1) is 72.4. The van der Waals surface area contributed by atoms with E-state index in [0.717, 1.165) is 63.7 Å². The normalized spacial score (nSPS) is 12.0. The lowest BCUT2D eigenvalue weighted by atomic mass is 10.0. The predicted molar refractivity (Wildman–Crippen MR) is 321 cm³/mol. The molecular weight excluding hydrogens is 913 g/mol. The van der Waals surface area contributed by atoms with Gasteiger partial charge < -0.3 is 14.2 Å². The third-order valence-electron chi connectivity index (χ3n) is 15.8. The van der Waals surface area contributed by atoms with Crippen LogP contribution in [-0.2, 0) is 28.6 Å². The van der Waals surface area contributed by atoms with E-state index in [-0.39, 0.29) is 31.1 Å². The highest BCUT2D eigenvalue weighted by molar-refractivity contribution is 5.71. The fourth-order valence-corrected chi connectivity index (χ4v) is 10.7. The number of carbonyl (C=O) groups is 3. The molecule has 0 aliphatic carbocycles. The fraction of sp³-hybridized carbons (Fsp3) is 0.956. The average molecular weight is 1050 g/mol. The number of ether oxygens (including phenoxy) is 3. The summed E-state index contributed by atoms with van der Waals surface area (Å²) in [4.78, 5) is 38.4. The van der Waals surface area contributed by atoms with E-state index in [1.807, 2.05) is 0 Å². The van der Waals surface area contributed by atoms with E-state index in [1.54, 1.807) is 0 Å². The molecule has 0 rings (SSSR count). The molecule has 0 radical (unpaired) electrons. The van der Waals surface area contributed by atoms with Crippen LogP contribution in [0.15, 0.2) is 0 Å². The molecular formula is C68H132O6. The molecule has 0 unspecified atom stereocenters. The summed E-state index contributed by atoms with van der Waals surface area (Å²) >= 11 is 0. The molecule has 0 spiro atoms. The summed E-state index contributed by atoms with van der Waals surface area (Å²) in [5.74, 6) is 0.0365. The minimum Gasteiger partial charge on any atom is -0.462 e. The Balaban J connectivity index is 4.26. The van der Waals surface area contributed by atoms with Crippen molar-refractivity contribution in [2.75, 3.05) is 13.2 Å². The zero-order chi connectivity index (χ0) is 53.7. The van der Waals surface area contributed by atoms with Crippen LogP contribution >= 0.6 is 0 Å². The zero-order valence-electron chi connectivity index (χ0n) is 50.8. The van der Waals surface area contributed by atoms with Crippen LogP contribution in [-0.4, -0.2) is 37.2 Å². The van der Waals surface area contributed by atoms with Crippen molar-refractivity contribution in [1.29, 1.82) is 0 Å². The molecule has 0 fully saturated rings. The smallest absolute Gasteiger partial charge is 0.306 e. The topological polar surface area (TPSA) is 78.9 Å². The number of esters is 3. The number of hydrogen-bond donors (Lipinski definition) is 0. The first-order valence-electron chi connectivity index (χ1n) is 33.9. The van der Waals surface area contributed by atoms with Gasteiger partial charge in [0.1, 0.15) is 13.2 Å². The Morgan fingerprint density at radius 2 is 0.446 bits per heavy atom. The maximum atomic E-state index is 12.9. The lowest BCUT2D eigenvalue weighted by Gasteiger charge is -2.18. The SMILES string of the molecule is CCCCCCCCCCCCCCCCCCCCCC(=O)O[C@H](COC(=O)CCCCCCCCCCCCCCCCCC)COC(=O)CCCCCCCCCCCCCCCCCCCCC(C)C. The Kier molecular flexibility index (Phi) is 60.9. The molecule has 440 valence electrons. The van der Waals surface area contributed by atoms with Crippen molar-refractivity contribution in [3.05, 3.63) is 0 Å². The van der Waals surface area contributed by atoms with Gasteiger partial charge in [-0.15, -0.1) is 0 Å². The van der Waals surface area contributed by atoms with Crippen molar-refractivity contribution in [2.45, 2.75) is 400 Å². The Morgan fingerprint density at radius 1 is 0.257 bits per heavy atom. The number of rotatable bonds is 63. The Bertz CT molecular complexity index is 1120. The van der Waals surface area contributed by atoms with Crippen LogP contribution in [0.5, 0.6) is 0 Å². The van der Waals surface area contributed by atoms with Crippen LogP contribution in [0.3, 0.4) is 0 Å². The maximum Gasteiger partial charge on any atom is 0.306 e. The first-order valence-corrected chi connectivity index (χ1v) is 33.9. The summed E-state index contributed by atoms with van der Waals surface area (Å²) in [6.45, 7) is 9.11. The molecule has 0 aliphatic rings. The monoisotopic (exact) mass is 1050 g/mol. The van der Waals surface area contributed by atoms with Gasteiger partial charge in [0, 0.05) is 19.3 Å². The third-order valence-corrected chi connectivity index (χ3v) is 15.8. The molecule has 0 aromatic rings. The van der Waals surface area contributed by atoms with E-state index in [9.17, 15) is 14.4 Å². The van der Waals surface area contributed by atoms with Gasteiger partial charge >= 0.3 is 17.9 Å².